The van der Waals surface area contributed by atoms with Gasteiger partial charge >= 0.3 is 0 Å². The monoisotopic (exact) mass is 318 g/mol. The molecule has 3 aromatic rings. The van der Waals surface area contributed by atoms with Crippen molar-refractivity contribution < 1.29 is 4.39 Å². The molecule has 19 heavy (non-hydrogen) atoms. The van der Waals surface area contributed by atoms with Crippen LogP contribution in [0.15, 0.2) is 53.1 Å². The van der Waals surface area contributed by atoms with Crippen LogP contribution in [-0.4, -0.2) is 4.98 Å². The van der Waals surface area contributed by atoms with E-state index in [9.17, 15) is 4.39 Å². The molecular formula is C15H12BrFN2. The van der Waals surface area contributed by atoms with Gasteiger partial charge in [0.2, 0.25) is 0 Å². The van der Waals surface area contributed by atoms with Gasteiger partial charge in [-0.05, 0) is 45.8 Å². The summed E-state index contributed by atoms with van der Waals surface area (Å²) in [5, 5.41) is 4.50. The minimum absolute atomic E-state index is 0.246. The average Bonchev–Trinajstić information content (AvgIpc) is 2.81. The van der Waals surface area contributed by atoms with E-state index in [0.717, 1.165) is 15.7 Å². The number of nitrogens with one attached hydrogen (secondary N) is 2. The van der Waals surface area contributed by atoms with Crippen molar-refractivity contribution >= 4 is 32.5 Å². The second kappa shape index (κ2) is 5.05. The van der Waals surface area contributed by atoms with E-state index < -0.39 is 0 Å². The lowest BCUT2D eigenvalue weighted by Crippen LogP contribution is -1.99. The molecule has 0 atom stereocenters. The Bertz CT molecular complexity index is 721. The van der Waals surface area contributed by atoms with Crippen molar-refractivity contribution in [1.29, 1.82) is 0 Å². The van der Waals surface area contributed by atoms with Gasteiger partial charge in [0.1, 0.15) is 5.82 Å². The third-order valence-electron chi connectivity index (χ3n) is 3.08. The first-order valence-corrected chi connectivity index (χ1v) is 6.77. The van der Waals surface area contributed by atoms with E-state index >= 15 is 0 Å². The van der Waals surface area contributed by atoms with Gasteiger partial charge in [0.15, 0.2) is 0 Å². The second-order valence-electron chi connectivity index (χ2n) is 4.34. The van der Waals surface area contributed by atoms with E-state index in [4.69, 9.17) is 0 Å². The summed E-state index contributed by atoms with van der Waals surface area (Å²) in [4.78, 5) is 3.24. The van der Waals surface area contributed by atoms with E-state index in [0.29, 0.717) is 6.54 Å². The van der Waals surface area contributed by atoms with Gasteiger partial charge in [-0.2, -0.15) is 0 Å². The number of para-hydroxylation sites is 1. The molecule has 4 heteroatoms. The van der Waals surface area contributed by atoms with Crippen LogP contribution < -0.4 is 5.32 Å². The van der Waals surface area contributed by atoms with Gasteiger partial charge in [-0.3, -0.25) is 0 Å². The summed E-state index contributed by atoms with van der Waals surface area (Å²) in [6, 6.07) is 12.8. The third-order valence-corrected chi connectivity index (χ3v) is 3.73. The molecule has 0 saturated carbocycles. The highest BCUT2D eigenvalue weighted by Crippen LogP contribution is 2.25. The molecule has 0 spiro atoms. The maximum absolute atomic E-state index is 13.0. The molecule has 0 amide bonds. The Balaban J connectivity index is 1.82. The smallest absolute Gasteiger partial charge is 0.124 e. The fourth-order valence-corrected chi connectivity index (χ4v) is 2.59. The van der Waals surface area contributed by atoms with Crippen molar-refractivity contribution in [2.75, 3.05) is 5.32 Å². The number of aromatic nitrogens is 1. The van der Waals surface area contributed by atoms with Crippen LogP contribution in [0.1, 0.15) is 5.56 Å². The number of hydrogen-bond acceptors (Lipinski definition) is 1. The van der Waals surface area contributed by atoms with Gasteiger partial charge in [0.05, 0.1) is 0 Å². The minimum Gasteiger partial charge on any atom is -0.380 e. The van der Waals surface area contributed by atoms with E-state index in [1.807, 2.05) is 24.4 Å². The maximum atomic E-state index is 13.0. The van der Waals surface area contributed by atoms with Crippen molar-refractivity contribution in [3.63, 3.8) is 0 Å². The number of H-pyrrole nitrogens is 1. The molecule has 3 rings (SSSR count). The lowest BCUT2D eigenvalue weighted by molar-refractivity contribution is 0.627. The lowest BCUT2D eigenvalue weighted by Gasteiger charge is -2.08. The molecule has 0 unspecified atom stereocenters. The minimum atomic E-state index is -0.246. The van der Waals surface area contributed by atoms with Gasteiger partial charge in [-0.25, -0.2) is 4.39 Å². The number of aromatic amines is 1. The van der Waals surface area contributed by atoms with Crippen LogP contribution in [0.4, 0.5) is 10.1 Å². The highest BCUT2D eigenvalue weighted by Gasteiger charge is 2.04. The molecule has 0 saturated heterocycles. The maximum Gasteiger partial charge on any atom is 0.124 e. The number of rotatable bonds is 3. The predicted molar refractivity (Wildman–Crippen MR) is 79.7 cm³/mol. The van der Waals surface area contributed by atoms with Gasteiger partial charge in [0, 0.05) is 33.8 Å². The number of benzene rings is 2. The highest BCUT2D eigenvalue weighted by molar-refractivity contribution is 9.10. The number of halogens is 2. The molecule has 1 aromatic heterocycles. The summed E-state index contributed by atoms with van der Waals surface area (Å²) in [6.07, 6.45) is 2.00. The van der Waals surface area contributed by atoms with Crippen LogP contribution in [0.2, 0.25) is 0 Å². The van der Waals surface area contributed by atoms with E-state index in [1.165, 1.54) is 23.1 Å². The molecule has 0 aliphatic heterocycles. The van der Waals surface area contributed by atoms with Gasteiger partial charge < -0.3 is 10.3 Å². The fourth-order valence-electron chi connectivity index (χ4n) is 2.10. The zero-order chi connectivity index (χ0) is 13.2. The molecule has 0 aliphatic carbocycles. The van der Waals surface area contributed by atoms with Gasteiger partial charge in [-0.15, -0.1) is 0 Å². The third kappa shape index (κ3) is 2.49. The van der Waals surface area contributed by atoms with E-state index in [1.54, 1.807) is 6.07 Å². The molecule has 0 aliphatic rings. The second-order valence-corrected chi connectivity index (χ2v) is 5.19. The molecule has 2 N–H and O–H groups in total. The normalized spacial score (nSPS) is 10.8. The van der Waals surface area contributed by atoms with Crippen molar-refractivity contribution in [2.45, 2.75) is 6.54 Å². The predicted octanol–water partition coefficient (Wildman–Crippen LogP) is 4.68. The Morgan fingerprint density at radius 1 is 1.16 bits per heavy atom. The van der Waals surface area contributed by atoms with Crippen LogP contribution in [0, 0.1) is 5.82 Å². The summed E-state index contributed by atoms with van der Waals surface area (Å²) >= 11 is 3.35. The van der Waals surface area contributed by atoms with Crippen LogP contribution in [0.3, 0.4) is 0 Å². The van der Waals surface area contributed by atoms with Crippen molar-refractivity contribution in [3.05, 3.63) is 64.5 Å². The molecule has 1 heterocycles. The number of fused-ring (bicyclic) bond motifs is 1. The summed E-state index contributed by atoms with van der Waals surface area (Å²) in [5.41, 5.74) is 3.19. The summed E-state index contributed by atoms with van der Waals surface area (Å²) < 4.78 is 13.7. The number of anilines is 1. The van der Waals surface area contributed by atoms with Crippen molar-refractivity contribution in [2.24, 2.45) is 0 Å². The summed E-state index contributed by atoms with van der Waals surface area (Å²) in [7, 11) is 0. The first kappa shape index (κ1) is 12.2. The van der Waals surface area contributed by atoms with E-state index in [2.05, 4.69) is 32.3 Å². The first-order valence-electron chi connectivity index (χ1n) is 5.98. The Hall–Kier alpha value is -1.81. The Morgan fingerprint density at radius 2 is 2.00 bits per heavy atom. The van der Waals surface area contributed by atoms with Crippen LogP contribution in [0.25, 0.3) is 10.9 Å². The zero-order valence-electron chi connectivity index (χ0n) is 10.1. The quantitative estimate of drug-likeness (QED) is 0.721. The number of hydrogen-bond donors (Lipinski definition) is 2. The van der Waals surface area contributed by atoms with Crippen molar-refractivity contribution in [1.82, 2.24) is 4.98 Å². The molecule has 0 fully saturated rings. The lowest BCUT2D eigenvalue weighted by atomic mass is 10.2. The molecule has 2 aromatic carbocycles. The largest absolute Gasteiger partial charge is 0.380 e. The molecule has 0 radical (unpaired) electrons. The Morgan fingerprint density at radius 3 is 2.84 bits per heavy atom. The van der Waals surface area contributed by atoms with Crippen LogP contribution in [-0.2, 0) is 6.54 Å². The van der Waals surface area contributed by atoms with Crippen LogP contribution in [0.5, 0.6) is 0 Å². The molecule has 0 bridgehead atoms. The van der Waals surface area contributed by atoms with E-state index in [-0.39, 0.29) is 5.82 Å². The molecule has 2 nitrogen and oxygen atoms in total. The topological polar surface area (TPSA) is 27.8 Å². The van der Waals surface area contributed by atoms with Gasteiger partial charge in [0.25, 0.3) is 0 Å². The average molecular weight is 319 g/mol. The van der Waals surface area contributed by atoms with Gasteiger partial charge in [-0.1, -0.05) is 18.2 Å². The standard InChI is InChI=1S/C15H12BrFN2/c16-13-7-11(17)5-6-15(13)19-9-10-8-18-14-4-2-1-3-12(10)14/h1-8,18-19H,9H2. The Labute approximate surface area is 118 Å². The summed E-state index contributed by atoms with van der Waals surface area (Å²) in [5.74, 6) is -0.246. The van der Waals surface area contributed by atoms with Crippen molar-refractivity contribution in [3.8, 4) is 0 Å². The highest BCUT2D eigenvalue weighted by atomic mass is 79.9. The molecular weight excluding hydrogens is 307 g/mol. The zero-order valence-corrected chi connectivity index (χ0v) is 11.7. The first-order chi connectivity index (χ1) is 9.24. The molecule has 96 valence electrons. The SMILES string of the molecule is Fc1ccc(NCc2c[nH]c3ccccc23)c(Br)c1. The van der Waals surface area contributed by atoms with Crippen LogP contribution >= 0.6 is 15.9 Å². The fraction of sp³-hybridized carbons (Fsp3) is 0.0667. The summed E-state index contributed by atoms with van der Waals surface area (Å²) in [6.45, 7) is 0.689. The Kier molecular flexibility index (Phi) is 3.25.